The summed E-state index contributed by atoms with van der Waals surface area (Å²) in [6.07, 6.45) is 5.19. The van der Waals surface area contributed by atoms with Gasteiger partial charge in [0.25, 0.3) is 10.0 Å². The van der Waals surface area contributed by atoms with E-state index in [9.17, 15) is 18.0 Å². The molecule has 0 radical (unpaired) electrons. The van der Waals surface area contributed by atoms with Gasteiger partial charge in [-0.05, 0) is 66.4 Å². The summed E-state index contributed by atoms with van der Waals surface area (Å²) >= 11 is 6.60. The summed E-state index contributed by atoms with van der Waals surface area (Å²) in [7, 11) is -2.67. The van der Waals surface area contributed by atoms with Gasteiger partial charge >= 0.3 is 0 Å². The molecule has 0 aliphatic heterocycles. The third kappa shape index (κ3) is 8.73. The number of sulfonamides is 1. The molecule has 1 saturated carbocycles. The van der Waals surface area contributed by atoms with Crippen LogP contribution in [0.15, 0.2) is 114 Å². The van der Waals surface area contributed by atoms with Crippen molar-refractivity contribution in [2.24, 2.45) is 0 Å². The molecule has 10 heteroatoms. The Morgan fingerprint density at radius 3 is 2.11 bits per heavy atom. The Bertz CT molecular complexity index is 1730. The molecule has 1 unspecified atom stereocenters. The van der Waals surface area contributed by atoms with Gasteiger partial charge in [-0.2, -0.15) is 0 Å². The first kappa shape index (κ1) is 34.0. The van der Waals surface area contributed by atoms with E-state index in [4.69, 9.17) is 16.3 Å². The van der Waals surface area contributed by atoms with E-state index in [1.54, 1.807) is 54.6 Å². The molecular formula is C37H40ClN3O5S. The van der Waals surface area contributed by atoms with E-state index in [0.29, 0.717) is 16.3 Å². The molecule has 246 valence electrons. The van der Waals surface area contributed by atoms with Gasteiger partial charge in [-0.15, -0.1) is 0 Å². The lowest BCUT2D eigenvalue weighted by molar-refractivity contribution is -0.140. The average Bonchev–Trinajstić information content (AvgIpc) is 3.10. The summed E-state index contributed by atoms with van der Waals surface area (Å²) in [5, 5.41) is 3.66. The number of rotatable bonds is 13. The minimum absolute atomic E-state index is 0.00985. The Hall–Kier alpha value is -4.34. The van der Waals surface area contributed by atoms with E-state index in [2.05, 4.69) is 5.32 Å². The molecule has 1 fully saturated rings. The highest BCUT2D eigenvalue weighted by atomic mass is 35.5. The highest BCUT2D eigenvalue weighted by Crippen LogP contribution is 2.28. The van der Waals surface area contributed by atoms with Crippen LogP contribution in [0.1, 0.15) is 43.2 Å². The maximum absolute atomic E-state index is 14.6. The predicted molar refractivity (Wildman–Crippen MR) is 185 cm³/mol. The molecule has 2 amide bonds. The molecule has 47 heavy (non-hydrogen) atoms. The number of anilines is 1. The molecule has 1 aliphatic rings. The number of hydrogen-bond acceptors (Lipinski definition) is 5. The average molecular weight is 674 g/mol. The smallest absolute Gasteiger partial charge is 0.264 e. The Kier molecular flexibility index (Phi) is 11.6. The number of carbonyl (C=O) groups excluding carboxylic acids is 2. The summed E-state index contributed by atoms with van der Waals surface area (Å²) in [6.45, 7) is -0.536. The van der Waals surface area contributed by atoms with Gasteiger partial charge in [-0.1, -0.05) is 97.6 Å². The summed E-state index contributed by atoms with van der Waals surface area (Å²) in [5.41, 5.74) is 1.80. The third-order valence-corrected chi connectivity index (χ3v) is 10.6. The van der Waals surface area contributed by atoms with Crippen molar-refractivity contribution in [1.82, 2.24) is 10.2 Å². The number of benzene rings is 4. The normalized spacial score (nSPS) is 14.2. The van der Waals surface area contributed by atoms with Crippen LogP contribution < -0.4 is 14.4 Å². The second-order valence-corrected chi connectivity index (χ2v) is 14.0. The molecule has 8 nitrogen and oxygen atoms in total. The van der Waals surface area contributed by atoms with Crippen molar-refractivity contribution < 1.29 is 22.7 Å². The van der Waals surface area contributed by atoms with Crippen LogP contribution in [0.5, 0.6) is 5.75 Å². The van der Waals surface area contributed by atoms with Crippen molar-refractivity contribution in [2.45, 2.75) is 62.0 Å². The van der Waals surface area contributed by atoms with Crippen molar-refractivity contribution >= 4 is 39.1 Å². The SMILES string of the molecule is COc1ccc(N(CC(=O)N(Cc2ccccc2Cl)C(Cc2ccccc2)C(=O)NC2CCCCC2)S(=O)(=O)c2ccccc2)cc1. The topological polar surface area (TPSA) is 96.0 Å². The molecule has 0 spiro atoms. The van der Waals surface area contributed by atoms with Gasteiger partial charge in [-0.25, -0.2) is 8.42 Å². The van der Waals surface area contributed by atoms with Crippen LogP contribution in [-0.2, 0) is 32.6 Å². The number of nitrogens with zero attached hydrogens (tertiary/aromatic N) is 2. The fourth-order valence-corrected chi connectivity index (χ4v) is 7.54. The lowest BCUT2D eigenvalue weighted by atomic mass is 9.94. The van der Waals surface area contributed by atoms with E-state index in [1.165, 1.54) is 24.1 Å². The van der Waals surface area contributed by atoms with Crippen LogP contribution in [0.2, 0.25) is 5.02 Å². The minimum Gasteiger partial charge on any atom is -0.497 e. The first-order chi connectivity index (χ1) is 22.8. The molecule has 0 saturated heterocycles. The number of amides is 2. The number of halogens is 1. The van der Waals surface area contributed by atoms with Gasteiger partial charge in [0.15, 0.2) is 0 Å². The minimum atomic E-state index is -4.19. The largest absolute Gasteiger partial charge is 0.497 e. The highest BCUT2D eigenvalue weighted by molar-refractivity contribution is 7.92. The van der Waals surface area contributed by atoms with E-state index in [1.807, 2.05) is 42.5 Å². The second-order valence-electron chi connectivity index (χ2n) is 11.7. The molecule has 0 aromatic heterocycles. The summed E-state index contributed by atoms with van der Waals surface area (Å²) in [5.74, 6) is -0.275. The summed E-state index contributed by atoms with van der Waals surface area (Å²) < 4.78 is 34.7. The zero-order valence-electron chi connectivity index (χ0n) is 26.4. The Labute approximate surface area is 282 Å². The van der Waals surface area contributed by atoms with Crippen LogP contribution in [0, 0.1) is 0 Å². The van der Waals surface area contributed by atoms with Crippen LogP contribution in [-0.4, -0.2) is 50.9 Å². The molecule has 1 aliphatic carbocycles. The number of methoxy groups -OCH3 is 1. The highest BCUT2D eigenvalue weighted by Gasteiger charge is 2.35. The van der Waals surface area contributed by atoms with Crippen LogP contribution in [0.3, 0.4) is 0 Å². The quantitative estimate of drug-likeness (QED) is 0.172. The lowest BCUT2D eigenvalue weighted by Gasteiger charge is -2.35. The zero-order valence-corrected chi connectivity index (χ0v) is 28.0. The Balaban J connectivity index is 1.56. The number of nitrogens with one attached hydrogen (secondary N) is 1. The van der Waals surface area contributed by atoms with Crippen molar-refractivity contribution in [3.63, 3.8) is 0 Å². The van der Waals surface area contributed by atoms with Gasteiger partial charge in [0.2, 0.25) is 11.8 Å². The van der Waals surface area contributed by atoms with Gasteiger partial charge in [0, 0.05) is 24.0 Å². The van der Waals surface area contributed by atoms with E-state index >= 15 is 0 Å². The first-order valence-corrected chi connectivity index (χ1v) is 17.7. The van der Waals surface area contributed by atoms with Crippen molar-refractivity contribution in [2.75, 3.05) is 18.0 Å². The van der Waals surface area contributed by atoms with Crippen LogP contribution in [0.25, 0.3) is 0 Å². The second kappa shape index (κ2) is 16.0. The monoisotopic (exact) mass is 673 g/mol. The Morgan fingerprint density at radius 2 is 1.47 bits per heavy atom. The predicted octanol–water partition coefficient (Wildman–Crippen LogP) is 6.63. The van der Waals surface area contributed by atoms with Crippen LogP contribution in [0.4, 0.5) is 5.69 Å². The van der Waals surface area contributed by atoms with Gasteiger partial charge in [-0.3, -0.25) is 13.9 Å². The summed E-state index contributed by atoms with van der Waals surface area (Å²) in [4.78, 5) is 30.4. The van der Waals surface area contributed by atoms with Crippen molar-refractivity contribution in [3.05, 3.63) is 125 Å². The van der Waals surface area contributed by atoms with E-state index in [0.717, 1.165) is 42.0 Å². The lowest BCUT2D eigenvalue weighted by Crippen LogP contribution is -2.55. The molecule has 4 aromatic rings. The molecule has 0 heterocycles. The van der Waals surface area contributed by atoms with E-state index < -0.39 is 28.5 Å². The van der Waals surface area contributed by atoms with Crippen LogP contribution >= 0.6 is 11.6 Å². The Morgan fingerprint density at radius 1 is 0.851 bits per heavy atom. The van der Waals surface area contributed by atoms with Gasteiger partial charge in [0.1, 0.15) is 18.3 Å². The number of hydrogen-bond donors (Lipinski definition) is 1. The summed E-state index contributed by atoms with van der Waals surface area (Å²) in [6, 6.07) is 30.2. The molecule has 1 N–H and O–H groups in total. The number of ether oxygens (including phenoxy) is 1. The molecule has 1 atom stereocenters. The molecule has 4 aromatic carbocycles. The maximum atomic E-state index is 14.6. The maximum Gasteiger partial charge on any atom is 0.264 e. The zero-order chi connectivity index (χ0) is 33.2. The fourth-order valence-electron chi connectivity index (χ4n) is 5.91. The third-order valence-electron chi connectivity index (χ3n) is 8.49. The molecule has 5 rings (SSSR count). The number of carbonyl (C=O) groups is 2. The first-order valence-electron chi connectivity index (χ1n) is 15.9. The van der Waals surface area contributed by atoms with Crippen molar-refractivity contribution in [1.29, 1.82) is 0 Å². The molecular weight excluding hydrogens is 634 g/mol. The molecule has 0 bridgehead atoms. The van der Waals surface area contributed by atoms with Gasteiger partial charge in [0.05, 0.1) is 17.7 Å². The van der Waals surface area contributed by atoms with E-state index in [-0.39, 0.29) is 35.5 Å². The fraction of sp³-hybridized carbons (Fsp3) is 0.297. The van der Waals surface area contributed by atoms with Gasteiger partial charge < -0.3 is 15.0 Å². The van der Waals surface area contributed by atoms with Crippen molar-refractivity contribution in [3.8, 4) is 5.75 Å². The standard InChI is InChI=1S/C37H40ClN3O5S/c1-46-32-23-21-31(22-24-32)41(47(44,45)33-18-9-4-10-19-33)27-36(42)40(26-29-15-11-12-20-34(29)38)35(25-28-13-5-2-6-14-28)37(43)39-30-16-7-3-8-17-30/h2,4-6,9-15,18-24,30,35H,3,7-8,16-17,25-27H2,1H3,(H,39,43).